The van der Waals surface area contributed by atoms with Crippen LogP contribution < -0.4 is 0 Å². The predicted octanol–water partition coefficient (Wildman–Crippen LogP) is 2.50. The Morgan fingerprint density at radius 1 is 1.20 bits per heavy atom. The number of ether oxygens (including phenoxy) is 2. The van der Waals surface area contributed by atoms with Crippen LogP contribution in [-0.2, 0) is 19.3 Å². The van der Waals surface area contributed by atoms with Crippen molar-refractivity contribution in [2.45, 2.75) is 4.90 Å². The molecule has 3 heterocycles. The number of imidazole rings is 1. The second-order valence-electron chi connectivity index (χ2n) is 5.21. The number of fused-ring (bicyclic) bond motifs is 1. The molecule has 2 aromatic heterocycles. The second kappa shape index (κ2) is 8.08. The van der Waals surface area contributed by atoms with E-state index in [4.69, 9.17) is 9.47 Å². The van der Waals surface area contributed by atoms with Crippen molar-refractivity contribution >= 4 is 48.7 Å². The molecule has 3 aromatic rings. The van der Waals surface area contributed by atoms with E-state index in [0.29, 0.717) is 4.90 Å². The number of sulfone groups is 1. The summed E-state index contributed by atoms with van der Waals surface area (Å²) in [5.41, 5.74) is 0.786. The minimum absolute atomic E-state index is 0.299. The largest absolute Gasteiger partial charge is 0.377 e. The molecule has 1 aromatic carbocycles. The highest BCUT2D eigenvalue weighted by Gasteiger charge is 2.13. The molecule has 1 aliphatic rings. The monoisotopic (exact) mass is 493 g/mol. The lowest BCUT2D eigenvalue weighted by atomic mass is 10.2. The third-order valence-corrected chi connectivity index (χ3v) is 6.11. The minimum Gasteiger partial charge on any atom is -0.377 e. The zero-order valence-corrected chi connectivity index (χ0v) is 17.2. The van der Waals surface area contributed by atoms with Crippen LogP contribution >= 0.6 is 33.9 Å². The van der Waals surface area contributed by atoms with Crippen LogP contribution in [0.1, 0.15) is 0 Å². The van der Waals surface area contributed by atoms with E-state index < -0.39 is 9.84 Å². The van der Waals surface area contributed by atoms with Crippen LogP contribution in [0.25, 0.3) is 15.5 Å². The van der Waals surface area contributed by atoms with Gasteiger partial charge in [-0.2, -0.15) is 9.61 Å². The van der Waals surface area contributed by atoms with E-state index in [1.807, 2.05) is 6.07 Å². The van der Waals surface area contributed by atoms with Gasteiger partial charge >= 0.3 is 0 Å². The van der Waals surface area contributed by atoms with Gasteiger partial charge in [-0.25, -0.2) is 13.4 Å². The first-order chi connectivity index (χ1) is 11.9. The van der Waals surface area contributed by atoms with Crippen LogP contribution in [0.3, 0.4) is 0 Å². The number of halogens is 1. The molecular formula is C15H16IN3O4S2. The summed E-state index contributed by atoms with van der Waals surface area (Å²) < 4.78 is 35.7. The standard InChI is InChI=1S/C11H8IN3O2S2.C4H8O2/c1-19(16,17)8-4-2-3-7(5-8)10-14-15-9(12)6-13-11(15)18-10;1-2-6-4-3-5-1/h2-6H,1H3;1-4H2. The van der Waals surface area contributed by atoms with Gasteiger partial charge in [-0.3, -0.25) is 0 Å². The van der Waals surface area contributed by atoms with Gasteiger partial charge < -0.3 is 9.47 Å². The van der Waals surface area contributed by atoms with Gasteiger partial charge in [0.2, 0.25) is 4.96 Å². The van der Waals surface area contributed by atoms with Crippen LogP contribution in [0.2, 0.25) is 0 Å². The van der Waals surface area contributed by atoms with Crippen molar-refractivity contribution in [3.05, 3.63) is 34.2 Å². The fraction of sp³-hybridized carbons (Fsp3) is 0.333. The number of benzene rings is 1. The van der Waals surface area contributed by atoms with Crippen molar-refractivity contribution in [3.8, 4) is 10.6 Å². The topological polar surface area (TPSA) is 82.8 Å². The molecule has 0 amide bonds. The third-order valence-electron chi connectivity index (χ3n) is 3.30. The summed E-state index contributed by atoms with van der Waals surface area (Å²) >= 11 is 3.59. The molecule has 0 spiro atoms. The van der Waals surface area contributed by atoms with Crippen LogP contribution in [0.15, 0.2) is 35.4 Å². The first kappa shape index (κ1) is 18.7. The molecule has 1 aliphatic heterocycles. The molecular weight excluding hydrogens is 477 g/mol. The van der Waals surface area contributed by atoms with Gasteiger partial charge in [-0.15, -0.1) is 0 Å². The summed E-state index contributed by atoms with van der Waals surface area (Å²) in [6, 6.07) is 6.79. The zero-order chi connectivity index (χ0) is 17.9. The first-order valence-corrected chi connectivity index (χ1v) is 11.2. The lowest BCUT2D eigenvalue weighted by molar-refractivity contribution is -0.0334. The van der Waals surface area contributed by atoms with E-state index in [9.17, 15) is 8.42 Å². The number of hydrogen-bond donors (Lipinski definition) is 0. The van der Waals surface area contributed by atoms with Gasteiger partial charge in [0.15, 0.2) is 9.84 Å². The number of aromatic nitrogens is 3. The van der Waals surface area contributed by atoms with Crippen molar-refractivity contribution in [2.24, 2.45) is 0 Å². The average Bonchev–Trinajstić information content (AvgIpc) is 3.19. The van der Waals surface area contributed by atoms with Gasteiger partial charge in [-0.1, -0.05) is 23.5 Å². The highest BCUT2D eigenvalue weighted by atomic mass is 127. The number of hydrogen-bond acceptors (Lipinski definition) is 7. The maximum atomic E-state index is 11.6. The van der Waals surface area contributed by atoms with Crippen molar-refractivity contribution in [1.82, 2.24) is 14.6 Å². The van der Waals surface area contributed by atoms with Crippen molar-refractivity contribution in [2.75, 3.05) is 32.7 Å². The van der Waals surface area contributed by atoms with E-state index in [1.54, 1.807) is 28.9 Å². The number of nitrogens with zero attached hydrogens (tertiary/aromatic N) is 3. The van der Waals surface area contributed by atoms with Crippen molar-refractivity contribution < 1.29 is 17.9 Å². The maximum absolute atomic E-state index is 11.6. The molecule has 10 heteroatoms. The fourth-order valence-corrected chi connectivity index (χ4v) is 4.26. The second-order valence-corrected chi connectivity index (χ2v) is 9.28. The molecule has 1 fully saturated rings. The number of rotatable bonds is 2. The molecule has 7 nitrogen and oxygen atoms in total. The maximum Gasteiger partial charge on any atom is 0.213 e. The van der Waals surface area contributed by atoms with E-state index in [1.165, 1.54) is 17.6 Å². The SMILES string of the molecule is C1COCCO1.CS(=O)(=O)c1cccc(-c2nn3c(I)cnc3s2)c1. The molecule has 4 rings (SSSR count). The average molecular weight is 493 g/mol. The highest BCUT2D eigenvalue weighted by Crippen LogP contribution is 2.27. The molecule has 25 heavy (non-hydrogen) atoms. The fourth-order valence-electron chi connectivity index (χ4n) is 2.08. The summed E-state index contributed by atoms with van der Waals surface area (Å²) in [7, 11) is -3.21. The van der Waals surface area contributed by atoms with Crippen LogP contribution in [0.4, 0.5) is 0 Å². The first-order valence-electron chi connectivity index (χ1n) is 7.41. The minimum atomic E-state index is -3.21. The molecule has 1 saturated heterocycles. The molecule has 0 N–H and O–H groups in total. The Hall–Kier alpha value is -1.08. The summed E-state index contributed by atoms with van der Waals surface area (Å²) in [5.74, 6) is 0. The molecule has 0 aliphatic carbocycles. The van der Waals surface area contributed by atoms with Gasteiger partial charge in [0.25, 0.3) is 0 Å². The Labute approximate surface area is 163 Å². The summed E-state index contributed by atoms with van der Waals surface area (Å²) in [6.45, 7) is 3.11. The van der Waals surface area contributed by atoms with Crippen LogP contribution in [0.5, 0.6) is 0 Å². The summed E-state index contributed by atoms with van der Waals surface area (Å²) in [6.07, 6.45) is 2.94. The van der Waals surface area contributed by atoms with E-state index in [2.05, 4.69) is 32.7 Å². The Morgan fingerprint density at radius 2 is 1.88 bits per heavy atom. The van der Waals surface area contributed by atoms with Crippen molar-refractivity contribution in [1.29, 1.82) is 0 Å². The van der Waals surface area contributed by atoms with Gasteiger partial charge in [0.1, 0.15) is 8.71 Å². The molecule has 0 radical (unpaired) electrons. The lowest BCUT2D eigenvalue weighted by Crippen LogP contribution is -2.16. The Bertz CT molecular complexity index is 953. The highest BCUT2D eigenvalue weighted by molar-refractivity contribution is 14.1. The summed E-state index contributed by atoms with van der Waals surface area (Å²) in [4.78, 5) is 5.32. The van der Waals surface area contributed by atoms with E-state index >= 15 is 0 Å². The van der Waals surface area contributed by atoms with Crippen LogP contribution in [0, 0.1) is 3.70 Å². The zero-order valence-electron chi connectivity index (χ0n) is 13.4. The molecule has 0 atom stereocenters. The van der Waals surface area contributed by atoms with E-state index in [-0.39, 0.29) is 0 Å². The van der Waals surface area contributed by atoms with Crippen molar-refractivity contribution in [3.63, 3.8) is 0 Å². The molecule has 0 saturated carbocycles. The molecule has 0 bridgehead atoms. The Balaban J connectivity index is 0.000000258. The van der Waals surface area contributed by atoms with E-state index in [0.717, 1.165) is 45.7 Å². The Morgan fingerprint density at radius 3 is 2.44 bits per heavy atom. The van der Waals surface area contributed by atoms with Gasteiger partial charge in [0, 0.05) is 11.8 Å². The summed E-state index contributed by atoms with van der Waals surface area (Å²) in [5, 5.41) is 5.19. The van der Waals surface area contributed by atoms with Gasteiger partial charge in [-0.05, 0) is 34.7 Å². The molecule has 0 unspecified atom stereocenters. The lowest BCUT2D eigenvalue weighted by Gasteiger charge is -2.09. The molecule has 134 valence electrons. The van der Waals surface area contributed by atoms with Gasteiger partial charge in [0.05, 0.1) is 37.5 Å². The quantitative estimate of drug-likeness (QED) is 0.511. The predicted molar refractivity (Wildman–Crippen MR) is 104 cm³/mol. The third kappa shape index (κ3) is 4.76. The van der Waals surface area contributed by atoms with Crippen LogP contribution in [-0.4, -0.2) is 55.7 Å². The smallest absolute Gasteiger partial charge is 0.213 e. The normalized spacial score (nSPS) is 15.0. The Kier molecular flexibility index (Phi) is 6.04.